The zero-order valence-electron chi connectivity index (χ0n) is 4.94. The molecule has 2 aliphatic carbocycles. The lowest BCUT2D eigenvalue weighted by Crippen LogP contribution is -2.24. The molecule has 0 spiro atoms. The molecule has 0 amide bonds. The van der Waals surface area contributed by atoms with Crippen molar-refractivity contribution in [1.29, 1.82) is 0 Å². The lowest BCUT2D eigenvalue weighted by atomic mass is 9.81. The van der Waals surface area contributed by atoms with Crippen LogP contribution in [0.2, 0.25) is 0 Å². The van der Waals surface area contributed by atoms with Crippen molar-refractivity contribution in [3.63, 3.8) is 0 Å². The second-order valence-corrected chi connectivity index (χ2v) is 4.46. The highest BCUT2D eigenvalue weighted by atomic mass is 79.9. The molecule has 0 N–H and O–H groups in total. The molecule has 0 heterocycles. The minimum absolute atomic E-state index is 0.882. The Bertz CT molecular complexity index is 90.6. The van der Waals surface area contributed by atoms with Crippen LogP contribution >= 0.6 is 15.9 Å². The van der Waals surface area contributed by atoms with Crippen molar-refractivity contribution in [3.05, 3.63) is 0 Å². The highest BCUT2D eigenvalue weighted by Gasteiger charge is 2.38. The van der Waals surface area contributed by atoms with E-state index in [2.05, 4.69) is 15.9 Å². The van der Waals surface area contributed by atoms with Crippen LogP contribution in [0.5, 0.6) is 0 Å². The van der Waals surface area contributed by atoms with Crippen molar-refractivity contribution >= 4 is 15.9 Å². The van der Waals surface area contributed by atoms with E-state index in [0.717, 1.165) is 16.7 Å². The molecule has 0 aromatic carbocycles. The van der Waals surface area contributed by atoms with Gasteiger partial charge in [0.25, 0.3) is 0 Å². The van der Waals surface area contributed by atoms with Gasteiger partial charge in [0.05, 0.1) is 0 Å². The van der Waals surface area contributed by atoms with E-state index in [1.54, 1.807) is 0 Å². The molecule has 2 rings (SSSR count). The Hall–Kier alpha value is 0.480. The smallest absolute Gasteiger partial charge is 0.0151 e. The molecule has 0 aromatic rings. The summed E-state index contributed by atoms with van der Waals surface area (Å²) in [6.07, 6.45) is 5.99. The quantitative estimate of drug-likeness (QED) is 0.537. The Labute approximate surface area is 58.8 Å². The molecular weight excluding hydrogens is 164 g/mol. The highest BCUT2D eigenvalue weighted by Crippen LogP contribution is 2.48. The molecule has 0 nitrogen and oxygen atoms in total. The van der Waals surface area contributed by atoms with E-state index in [-0.39, 0.29) is 0 Å². The third kappa shape index (κ3) is 0.812. The number of hydrogen-bond acceptors (Lipinski definition) is 0. The fourth-order valence-corrected chi connectivity index (χ4v) is 2.50. The second-order valence-electron chi connectivity index (χ2n) is 3.17. The van der Waals surface area contributed by atoms with E-state index in [1.165, 1.54) is 25.7 Å². The predicted molar refractivity (Wildman–Crippen MR) is 38.2 cm³/mol. The summed E-state index contributed by atoms with van der Waals surface area (Å²) in [7, 11) is 0. The van der Waals surface area contributed by atoms with Gasteiger partial charge in [0, 0.05) is 4.83 Å². The van der Waals surface area contributed by atoms with Crippen LogP contribution in [0.15, 0.2) is 0 Å². The fraction of sp³-hybridized carbons (Fsp3) is 1.00. The first-order valence-corrected chi connectivity index (χ1v) is 4.42. The first-order valence-electron chi connectivity index (χ1n) is 3.50. The summed E-state index contributed by atoms with van der Waals surface area (Å²) in [4.78, 5) is 0.882. The van der Waals surface area contributed by atoms with Gasteiger partial charge in [-0.3, -0.25) is 0 Å². The molecule has 0 saturated heterocycles. The van der Waals surface area contributed by atoms with Crippen molar-refractivity contribution in [2.45, 2.75) is 30.5 Å². The lowest BCUT2D eigenvalue weighted by Gasteiger charge is -2.31. The van der Waals surface area contributed by atoms with E-state index < -0.39 is 0 Å². The summed E-state index contributed by atoms with van der Waals surface area (Å²) in [5, 5.41) is 0. The number of halogens is 1. The zero-order valence-corrected chi connectivity index (χ0v) is 6.52. The maximum atomic E-state index is 3.60. The van der Waals surface area contributed by atoms with Gasteiger partial charge in [-0.2, -0.15) is 0 Å². The van der Waals surface area contributed by atoms with Gasteiger partial charge in [0.2, 0.25) is 0 Å². The Morgan fingerprint density at radius 1 is 1.00 bits per heavy atom. The van der Waals surface area contributed by atoms with Gasteiger partial charge in [0.1, 0.15) is 0 Å². The molecule has 2 fully saturated rings. The molecule has 0 aromatic heterocycles. The van der Waals surface area contributed by atoms with Gasteiger partial charge in [-0.1, -0.05) is 15.9 Å². The molecular formula is C7H11Br. The van der Waals surface area contributed by atoms with Crippen molar-refractivity contribution in [2.75, 3.05) is 0 Å². The third-order valence-corrected chi connectivity index (χ3v) is 3.15. The molecule has 1 heteroatoms. The van der Waals surface area contributed by atoms with E-state index in [4.69, 9.17) is 0 Å². The number of rotatable bonds is 1. The maximum absolute atomic E-state index is 3.60. The van der Waals surface area contributed by atoms with Crippen LogP contribution in [-0.4, -0.2) is 4.83 Å². The topological polar surface area (TPSA) is 0 Å². The van der Waals surface area contributed by atoms with Crippen LogP contribution in [0, 0.1) is 11.8 Å². The monoisotopic (exact) mass is 174 g/mol. The summed E-state index contributed by atoms with van der Waals surface area (Å²) in [5.41, 5.74) is 0. The Morgan fingerprint density at radius 2 is 1.62 bits per heavy atom. The number of hydrogen-bond donors (Lipinski definition) is 0. The average molecular weight is 175 g/mol. The van der Waals surface area contributed by atoms with Gasteiger partial charge >= 0.3 is 0 Å². The Balaban J connectivity index is 1.78. The van der Waals surface area contributed by atoms with Crippen LogP contribution < -0.4 is 0 Å². The van der Waals surface area contributed by atoms with Gasteiger partial charge in [-0.15, -0.1) is 0 Å². The van der Waals surface area contributed by atoms with Crippen LogP contribution in [0.25, 0.3) is 0 Å². The van der Waals surface area contributed by atoms with Crippen LogP contribution in [0.4, 0.5) is 0 Å². The van der Waals surface area contributed by atoms with Crippen LogP contribution in [0.3, 0.4) is 0 Å². The van der Waals surface area contributed by atoms with Crippen molar-refractivity contribution in [1.82, 2.24) is 0 Å². The largest absolute Gasteiger partial charge is 0.0890 e. The van der Waals surface area contributed by atoms with E-state index in [1.807, 2.05) is 0 Å². The summed E-state index contributed by atoms with van der Waals surface area (Å²) >= 11 is 3.60. The van der Waals surface area contributed by atoms with E-state index in [0.29, 0.717) is 0 Å². The predicted octanol–water partition coefficient (Wildman–Crippen LogP) is 2.57. The summed E-state index contributed by atoms with van der Waals surface area (Å²) in [6.45, 7) is 0. The Morgan fingerprint density at radius 3 is 2.00 bits per heavy atom. The third-order valence-electron chi connectivity index (χ3n) is 2.41. The van der Waals surface area contributed by atoms with Gasteiger partial charge in [-0.05, 0) is 37.5 Å². The zero-order chi connectivity index (χ0) is 5.56. The minimum atomic E-state index is 0.882. The standard InChI is InChI=1S/C7H11Br/c8-7-3-6(4-7)5-1-2-5/h5-7H,1-4H2. The molecule has 46 valence electrons. The van der Waals surface area contributed by atoms with E-state index in [9.17, 15) is 0 Å². The van der Waals surface area contributed by atoms with Crippen LogP contribution in [0.1, 0.15) is 25.7 Å². The van der Waals surface area contributed by atoms with Crippen molar-refractivity contribution < 1.29 is 0 Å². The molecule has 0 radical (unpaired) electrons. The van der Waals surface area contributed by atoms with Crippen molar-refractivity contribution in [3.8, 4) is 0 Å². The summed E-state index contributed by atoms with van der Waals surface area (Å²) in [5.74, 6) is 2.28. The normalized spacial score (nSPS) is 46.1. The molecule has 0 aliphatic heterocycles. The molecule has 0 atom stereocenters. The first kappa shape index (κ1) is 5.28. The lowest BCUT2D eigenvalue weighted by molar-refractivity contribution is 0.294. The SMILES string of the molecule is BrC1CC(C2CC2)C1. The summed E-state index contributed by atoms with van der Waals surface area (Å²) in [6, 6.07) is 0. The number of alkyl halides is 1. The minimum Gasteiger partial charge on any atom is -0.0890 e. The molecule has 2 aliphatic rings. The highest BCUT2D eigenvalue weighted by molar-refractivity contribution is 9.09. The fourth-order valence-electron chi connectivity index (χ4n) is 1.54. The van der Waals surface area contributed by atoms with E-state index >= 15 is 0 Å². The molecule has 8 heavy (non-hydrogen) atoms. The first-order chi connectivity index (χ1) is 3.86. The maximum Gasteiger partial charge on any atom is 0.0151 e. The van der Waals surface area contributed by atoms with Crippen LogP contribution in [-0.2, 0) is 0 Å². The Kier molecular flexibility index (Phi) is 1.14. The molecule has 0 unspecified atom stereocenters. The van der Waals surface area contributed by atoms with Gasteiger partial charge in [-0.25, -0.2) is 0 Å². The van der Waals surface area contributed by atoms with Gasteiger partial charge in [0.15, 0.2) is 0 Å². The summed E-state index contributed by atoms with van der Waals surface area (Å²) < 4.78 is 0. The average Bonchev–Trinajstić information content (AvgIpc) is 2.37. The second kappa shape index (κ2) is 1.73. The van der Waals surface area contributed by atoms with Gasteiger partial charge < -0.3 is 0 Å². The van der Waals surface area contributed by atoms with Crippen molar-refractivity contribution in [2.24, 2.45) is 11.8 Å². The molecule has 0 bridgehead atoms. The molecule has 2 saturated carbocycles.